The van der Waals surface area contributed by atoms with Gasteiger partial charge in [0, 0.05) is 25.2 Å². The zero-order valence-corrected chi connectivity index (χ0v) is 37.7. The summed E-state index contributed by atoms with van der Waals surface area (Å²) in [5.41, 5.74) is 0. The first-order valence-corrected chi connectivity index (χ1v) is 24.0. The van der Waals surface area contributed by atoms with Gasteiger partial charge in [0.1, 0.15) is 19.8 Å². The molecule has 0 radical (unpaired) electrons. The van der Waals surface area contributed by atoms with Crippen molar-refractivity contribution in [2.75, 3.05) is 47.5 Å². The molecule has 0 spiro atoms. The van der Waals surface area contributed by atoms with Crippen LogP contribution in [0.5, 0.6) is 0 Å². The molecule has 0 aromatic carbocycles. The van der Waals surface area contributed by atoms with Gasteiger partial charge in [-0.3, -0.25) is 18.6 Å². The number of phosphoric ester groups is 1. The second-order valence-electron chi connectivity index (χ2n) is 17.0. The Bertz CT molecular complexity index is 1160. The molecule has 0 saturated carbocycles. The summed E-state index contributed by atoms with van der Waals surface area (Å²) in [6, 6.07) is 0. The minimum Gasteiger partial charge on any atom is -0.462 e. The van der Waals surface area contributed by atoms with Gasteiger partial charge in [-0.05, 0) is 32.1 Å². The minimum atomic E-state index is -4.44. The Morgan fingerprint density at radius 2 is 1.38 bits per heavy atom. The van der Waals surface area contributed by atoms with Gasteiger partial charge in [-0.25, -0.2) is 4.57 Å². The molecule has 4 N–H and O–H groups in total. The van der Waals surface area contributed by atoms with Gasteiger partial charge in [-0.15, -0.1) is 0 Å². The van der Waals surface area contributed by atoms with E-state index < -0.39 is 57.1 Å². The van der Waals surface area contributed by atoms with E-state index in [9.17, 15) is 34.4 Å². The molecule has 0 aromatic rings. The fourth-order valence-electron chi connectivity index (χ4n) is 6.64. The minimum absolute atomic E-state index is 0.0106. The fourth-order valence-corrected chi connectivity index (χ4v) is 7.38. The topological polar surface area (TPSA) is 178 Å². The number of rotatable bonds is 36. The lowest BCUT2D eigenvalue weighted by Gasteiger charge is -2.36. The molecule has 7 atom stereocenters. The number of phosphoric acid groups is 1. The van der Waals surface area contributed by atoms with Crippen molar-refractivity contribution in [1.29, 1.82) is 0 Å². The van der Waals surface area contributed by atoms with Crippen molar-refractivity contribution < 1.29 is 62.1 Å². The molecule has 0 bridgehead atoms. The Morgan fingerprint density at radius 3 is 2.00 bits per heavy atom. The van der Waals surface area contributed by atoms with Crippen LogP contribution in [0.1, 0.15) is 162 Å². The van der Waals surface area contributed by atoms with Gasteiger partial charge in [-0.1, -0.05) is 134 Å². The van der Waals surface area contributed by atoms with Gasteiger partial charge in [-0.2, -0.15) is 0 Å². The third-order valence-corrected chi connectivity index (χ3v) is 11.3. The SMILES string of the molecule is CCCCCCCCCCCCCCCC(=O)O[C@H](COC(=O)CCC/C=C\C[C@H]1[C@@H](O)CC(O)O[C@@H]1/C=C/[C@@H](O)CCCCC)COP(=O)(O)OCC[N+](C)(C)C. The average Bonchev–Trinajstić information content (AvgIpc) is 3.15. The summed E-state index contributed by atoms with van der Waals surface area (Å²) in [7, 11) is 1.33. The van der Waals surface area contributed by atoms with Crippen LogP contribution in [-0.4, -0.2) is 115 Å². The lowest BCUT2D eigenvalue weighted by Crippen LogP contribution is -2.43. The number of hydrogen-bond acceptors (Lipinski definition) is 11. The Balaban J connectivity index is 2.53. The summed E-state index contributed by atoms with van der Waals surface area (Å²) in [6.45, 7) is 4.00. The Hall–Kier alpha value is -1.67. The molecule has 0 aliphatic carbocycles. The quantitative estimate of drug-likeness (QED) is 0.0156. The van der Waals surface area contributed by atoms with Crippen molar-refractivity contribution in [1.82, 2.24) is 0 Å². The molecule has 1 heterocycles. The van der Waals surface area contributed by atoms with Crippen molar-refractivity contribution in [2.45, 2.75) is 192 Å². The maximum atomic E-state index is 12.7. The van der Waals surface area contributed by atoms with Crippen LogP contribution < -0.4 is 0 Å². The van der Waals surface area contributed by atoms with Crippen LogP contribution >= 0.6 is 7.82 Å². The second kappa shape index (κ2) is 33.0. The molecule has 0 aromatic heterocycles. The third kappa shape index (κ3) is 30.4. The smallest absolute Gasteiger partial charge is 0.462 e. The fraction of sp³-hybridized carbons (Fsp3) is 0.864. The summed E-state index contributed by atoms with van der Waals surface area (Å²) >= 11 is 0. The highest BCUT2D eigenvalue weighted by Crippen LogP contribution is 2.43. The first kappa shape index (κ1) is 54.3. The number of likely N-dealkylation sites (N-methyl/N-ethyl adjacent to an activating group) is 1. The Kier molecular flexibility index (Phi) is 30.9. The molecule has 58 heavy (non-hydrogen) atoms. The maximum absolute atomic E-state index is 12.7. The van der Waals surface area contributed by atoms with Gasteiger partial charge in [0.05, 0.1) is 46.1 Å². The van der Waals surface area contributed by atoms with Gasteiger partial charge >= 0.3 is 19.8 Å². The molecule has 2 unspecified atom stereocenters. The zero-order chi connectivity index (χ0) is 43.1. The molecule has 340 valence electrons. The first-order chi connectivity index (χ1) is 27.7. The van der Waals surface area contributed by atoms with Crippen molar-refractivity contribution in [3.05, 3.63) is 24.3 Å². The predicted molar refractivity (Wildman–Crippen MR) is 228 cm³/mol. The van der Waals surface area contributed by atoms with Gasteiger partial charge in [0.25, 0.3) is 0 Å². The largest absolute Gasteiger partial charge is 0.472 e. The van der Waals surface area contributed by atoms with Gasteiger partial charge < -0.3 is 38.9 Å². The number of quaternary nitrogens is 1. The molecular formula is C44H83NO12P+. The van der Waals surface area contributed by atoms with Crippen LogP contribution in [0.3, 0.4) is 0 Å². The normalized spacial score (nSPS) is 21.0. The van der Waals surface area contributed by atoms with E-state index in [0.29, 0.717) is 43.1 Å². The highest BCUT2D eigenvalue weighted by Gasteiger charge is 2.35. The van der Waals surface area contributed by atoms with Crippen LogP contribution in [0.4, 0.5) is 0 Å². The third-order valence-electron chi connectivity index (χ3n) is 10.3. The highest BCUT2D eigenvalue weighted by atomic mass is 31.2. The maximum Gasteiger partial charge on any atom is 0.472 e. The molecule has 1 rings (SSSR count). The number of allylic oxidation sites excluding steroid dienone is 2. The van der Waals surface area contributed by atoms with Crippen LogP contribution in [-0.2, 0) is 37.4 Å². The molecule has 13 nitrogen and oxygen atoms in total. The lowest BCUT2D eigenvalue weighted by atomic mass is 9.87. The molecule has 1 saturated heterocycles. The number of unbranched alkanes of at least 4 members (excludes halogenated alkanes) is 15. The molecule has 1 aliphatic rings. The lowest BCUT2D eigenvalue weighted by molar-refractivity contribution is -0.870. The summed E-state index contributed by atoms with van der Waals surface area (Å²) in [5, 5.41) is 31.0. The van der Waals surface area contributed by atoms with E-state index in [1.165, 1.54) is 57.8 Å². The standard InChI is InChI=1S/C44H82NO12P/c1-6-8-10-11-12-13-14-15-16-17-18-19-25-29-43(49)56-38(36-55-58(51,52)54-33-32-45(3,4)5)35-53-42(48)28-24-21-20-23-27-39-40(47)34-44(50)57-41(39)31-30-37(46)26-22-9-7-2/h20,23,30-31,37-41,44,46-47,50H,6-19,21-22,24-29,32-36H2,1-5H3/p+1/b23-20-,31-30+/t37-,38+,39-,40-,41+,44?/m0/s1. The molecule has 1 aliphatic heterocycles. The first-order valence-electron chi connectivity index (χ1n) is 22.5. The molecular weight excluding hydrogens is 765 g/mol. The van der Waals surface area contributed by atoms with Crippen molar-refractivity contribution in [3.63, 3.8) is 0 Å². The number of nitrogens with zero attached hydrogens (tertiary/aromatic N) is 1. The average molecular weight is 849 g/mol. The number of aliphatic hydroxyl groups excluding tert-OH is 3. The summed E-state index contributed by atoms with van der Waals surface area (Å²) in [5.74, 6) is -1.29. The Morgan fingerprint density at radius 1 is 0.793 bits per heavy atom. The van der Waals surface area contributed by atoms with Crippen molar-refractivity contribution in [3.8, 4) is 0 Å². The van der Waals surface area contributed by atoms with E-state index in [1.54, 1.807) is 12.2 Å². The van der Waals surface area contributed by atoms with Crippen molar-refractivity contribution in [2.24, 2.45) is 5.92 Å². The van der Waals surface area contributed by atoms with E-state index in [4.69, 9.17) is 23.3 Å². The summed E-state index contributed by atoms with van der Waals surface area (Å²) in [6.07, 6.45) is 24.2. The summed E-state index contributed by atoms with van der Waals surface area (Å²) in [4.78, 5) is 35.6. The number of aliphatic hydroxyl groups is 3. The van der Waals surface area contributed by atoms with E-state index in [-0.39, 0.29) is 38.4 Å². The molecule has 0 amide bonds. The van der Waals surface area contributed by atoms with E-state index in [1.807, 2.05) is 33.3 Å². The molecule has 14 heteroatoms. The van der Waals surface area contributed by atoms with E-state index in [2.05, 4.69) is 13.8 Å². The van der Waals surface area contributed by atoms with Crippen LogP contribution in [0.2, 0.25) is 0 Å². The number of carbonyl (C=O) groups excluding carboxylic acids is 2. The van der Waals surface area contributed by atoms with Crippen LogP contribution in [0.15, 0.2) is 24.3 Å². The predicted octanol–water partition coefficient (Wildman–Crippen LogP) is 8.46. The Labute approximate surface area is 351 Å². The van der Waals surface area contributed by atoms with Crippen LogP contribution in [0.25, 0.3) is 0 Å². The summed E-state index contributed by atoms with van der Waals surface area (Å²) < 4.78 is 39.9. The number of carbonyl (C=O) groups is 2. The highest BCUT2D eigenvalue weighted by molar-refractivity contribution is 7.47. The van der Waals surface area contributed by atoms with E-state index in [0.717, 1.165) is 38.5 Å². The number of hydrogen-bond donors (Lipinski definition) is 4. The molecule has 1 fully saturated rings. The second-order valence-corrected chi connectivity index (χ2v) is 18.4. The van der Waals surface area contributed by atoms with Crippen molar-refractivity contribution >= 4 is 19.8 Å². The van der Waals surface area contributed by atoms with E-state index >= 15 is 0 Å². The van der Waals surface area contributed by atoms with Gasteiger partial charge in [0.15, 0.2) is 12.4 Å². The number of esters is 2. The monoisotopic (exact) mass is 849 g/mol. The van der Waals surface area contributed by atoms with Gasteiger partial charge in [0.2, 0.25) is 0 Å². The zero-order valence-electron chi connectivity index (χ0n) is 36.8. The van der Waals surface area contributed by atoms with Crippen LogP contribution in [0, 0.1) is 5.92 Å². The number of ether oxygens (including phenoxy) is 3.